The van der Waals surface area contributed by atoms with Crippen molar-refractivity contribution in [1.82, 2.24) is 5.32 Å². The van der Waals surface area contributed by atoms with Crippen LogP contribution in [0, 0.1) is 0 Å². The first kappa shape index (κ1) is 14.7. The molecule has 0 aliphatic heterocycles. The number of nitrogens with one attached hydrogen (secondary N) is 1. The highest BCUT2D eigenvalue weighted by Crippen LogP contribution is 2.08. The fourth-order valence-electron chi connectivity index (χ4n) is 1.46. The molecular formula is C13H19NO3S. The molecule has 4 nitrogen and oxygen atoms in total. The number of carbonyl (C=O) groups excluding carboxylic acids is 1. The summed E-state index contributed by atoms with van der Waals surface area (Å²) in [7, 11) is -3.03. The van der Waals surface area contributed by atoms with Gasteiger partial charge in [0.05, 0.1) is 5.75 Å². The van der Waals surface area contributed by atoms with Gasteiger partial charge in [0.2, 0.25) is 0 Å². The average Bonchev–Trinajstić information content (AvgIpc) is 2.27. The van der Waals surface area contributed by atoms with Crippen LogP contribution in [0.5, 0.6) is 0 Å². The van der Waals surface area contributed by atoms with Crippen molar-refractivity contribution in [1.29, 1.82) is 0 Å². The van der Waals surface area contributed by atoms with Crippen LogP contribution in [-0.4, -0.2) is 26.6 Å². The lowest BCUT2D eigenvalue weighted by atomic mass is 10.1. The first-order valence-corrected chi connectivity index (χ1v) is 7.95. The first-order valence-electron chi connectivity index (χ1n) is 5.89. The normalized spacial score (nSPS) is 13.1. The van der Waals surface area contributed by atoms with Gasteiger partial charge >= 0.3 is 0 Å². The number of rotatable bonds is 5. The molecule has 0 saturated heterocycles. The predicted octanol–water partition coefficient (Wildman–Crippen LogP) is 1.76. The van der Waals surface area contributed by atoms with E-state index < -0.39 is 9.84 Å². The molecule has 1 amide bonds. The minimum absolute atomic E-state index is 0.000260. The molecule has 0 aliphatic carbocycles. The molecule has 1 rings (SSSR count). The number of benzene rings is 1. The number of hydrogen-bond acceptors (Lipinski definition) is 3. The highest BCUT2D eigenvalue weighted by Gasteiger charge is 2.09. The molecule has 1 aromatic carbocycles. The Morgan fingerprint density at radius 2 is 1.83 bits per heavy atom. The van der Waals surface area contributed by atoms with Crippen molar-refractivity contribution in [3.8, 4) is 0 Å². The molecule has 0 unspecified atom stereocenters. The van der Waals surface area contributed by atoms with Crippen LogP contribution >= 0.6 is 0 Å². The van der Waals surface area contributed by atoms with E-state index in [1.54, 1.807) is 24.3 Å². The van der Waals surface area contributed by atoms with Crippen LogP contribution in [-0.2, 0) is 15.6 Å². The molecule has 0 heterocycles. The summed E-state index contributed by atoms with van der Waals surface area (Å²) in [5.41, 5.74) is 1.24. The Bertz CT molecular complexity index is 506. The number of carbonyl (C=O) groups is 1. The maximum Gasteiger partial charge on any atom is 0.251 e. The van der Waals surface area contributed by atoms with Crippen molar-refractivity contribution < 1.29 is 13.2 Å². The number of hydrogen-bond donors (Lipinski definition) is 1. The first-order chi connectivity index (χ1) is 8.31. The molecule has 0 fully saturated rings. The smallest absolute Gasteiger partial charge is 0.251 e. The summed E-state index contributed by atoms with van der Waals surface area (Å²) >= 11 is 0. The van der Waals surface area contributed by atoms with Crippen molar-refractivity contribution in [2.24, 2.45) is 0 Å². The van der Waals surface area contributed by atoms with Crippen LogP contribution in [0.15, 0.2) is 24.3 Å². The van der Waals surface area contributed by atoms with Crippen molar-refractivity contribution >= 4 is 15.7 Å². The standard InChI is InChI=1S/C13H19NO3S/c1-4-10(2)14-13(15)12-7-5-11(6-8-12)9-18(3,16)17/h5-8,10H,4,9H2,1-3H3,(H,14,15)/t10-/m0/s1. The van der Waals surface area contributed by atoms with Gasteiger partial charge in [0, 0.05) is 17.9 Å². The largest absolute Gasteiger partial charge is 0.350 e. The van der Waals surface area contributed by atoms with Crippen molar-refractivity contribution in [3.05, 3.63) is 35.4 Å². The van der Waals surface area contributed by atoms with Gasteiger partial charge in [-0.25, -0.2) is 8.42 Å². The van der Waals surface area contributed by atoms with Crippen molar-refractivity contribution in [3.63, 3.8) is 0 Å². The van der Waals surface area contributed by atoms with Crippen molar-refractivity contribution in [2.75, 3.05) is 6.26 Å². The third-order valence-electron chi connectivity index (χ3n) is 2.63. The monoisotopic (exact) mass is 269 g/mol. The minimum Gasteiger partial charge on any atom is -0.350 e. The summed E-state index contributed by atoms with van der Waals surface area (Å²) < 4.78 is 22.2. The van der Waals surface area contributed by atoms with Gasteiger partial charge in [-0.2, -0.15) is 0 Å². The number of amides is 1. The Labute approximate surface area is 108 Å². The topological polar surface area (TPSA) is 63.2 Å². The van der Waals surface area contributed by atoms with Gasteiger partial charge in [-0.05, 0) is 31.0 Å². The summed E-state index contributed by atoms with van der Waals surface area (Å²) in [5.74, 6) is -0.129. The summed E-state index contributed by atoms with van der Waals surface area (Å²) in [4.78, 5) is 11.8. The van der Waals surface area contributed by atoms with Crippen LogP contribution in [0.2, 0.25) is 0 Å². The van der Waals surface area contributed by atoms with E-state index >= 15 is 0 Å². The van der Waals surface area contributed by atoms with Gasteiger partial charge in [-0.3, -0.25) is 4.79 Å². The fraction of sp³-hybridized carbons (Fsp3) is 0.462. The van der Waals surface area contributed by atoms with Crippen LogP contribution in [0.25, 0.3) is 0 Å². The van der Waals surface area contributed by atoms with Crippen LogP contribution in [0.4, 0.5) is 0 Å². The Morgan fingerprint density at radius 1 is 1.28 bits per heavy atom. The van der Waals surface area contributed by atoms with Crippen LogP contribution < -0.4 is 5.32 Å². The molecule has 0 aromatic heterocycles. The van der Waals surface area contributed by atoms with Crippen LogP contribution in [0.3, 0.4) is 0 Å². The van der Waals surface area contributed by atoms with Crippen molar-refractivity contribution in [2.45, 2.75) is 32.1 Å². The SMILES string of the molecule is CC[C@H](C)NC(=O)c1ccc(CS(C)(=O)=O)cc1. The molecule has 1 atom stereocenters. The predicted molar refractivity (Wildman–Crippen MR) is 72.2 cm³/mol. The van der Waals surface area contributed by atoms with Crippen LogP contribution in [0.1, 0.15) is 36.2 Å². The van der Waals surface area contributed by atoms with Gasteiger partial charge in [0.15, 0.2) is 9.84 Å². The van der Waals surface area contributed by atoms with E-state index in [1.165, 1.54) is 6.26 Å². The maximum atomic E-state index is 11.8. The lowest BCUT2D eigenvalue weighted by Gasteiger charge is -2.11. The molecule has 18 heavy (non-hydrogen) atoms. The lowest BCUT2D eigenvalue weighted by Crippen LogP contribution is -2.31. The van der Waals surface area contributed by atoms with E-state index in [-0.39, 0.29) is 17.7 Å². The molecule has 1 N–H and O–H groups in total. The van der Waals surface area contributed by atoms with Gasteiger partial charge in [-0.1, -0.05) is 19.1 Å². The molecule has 100 valence electrons. The van der Waals surface area contributed by atoms with Gasteiger partial charge in [-0.15, -0.1) is 0 Å². The van der Waals surface area contributed by atoms with E-state index in [4.69, 9.17) is 0 Å². The van der Waals surface area contributed by atoms with E-state index in [2.05, 4.69) is 5.32 Å². The molecular weight excluding hydrogens is 250 g/mol. The quantitative estimate of drug-likeness (QED) is 0.886. The van der Waals surface area contributed by atoms with E-state index in [0.717, 1.165) is 6.42 Å². The molecule has 0 bridgehead atoms. The molecule has 0 saturated carbocycles. The highest BCUT2D eigenvalue weighted by atomic mass is 32.2. The average molecular weight is 269 g/mol. The molecule has 1 aromatic rings. The van der Waals surface area contributed by atoms with E-state index in [1.807, 2.05) is 13.8 Å². The summed E-state index contributed by atoms with van der Waals surface area (Å²) in [5, 5.41) is 2.86. The fourth-order valence-corrected chi connectivity index (χ4v) is 2.26. The lowest BCUT2D eigenvalue weighted by molar-refractivity contribution is 0.0939. The van der Waals surface area contributed by atoms with Gasteiger partial charge in [0.25, 0.3) is 5.91 Å². The summed E-state index contributed by atoms with van der Waals surface area (Å²) in [6.07, 6.45) is 2.06. The minimum atomic E-state index is -3.03. The molecule has 5 heteroatoms. The highest BCUT2D eigenvalue weighted by molar-refractivity contribution is 7.89. The zero-order valence-corrected chi connectivity index (χ0v) is 11.8. The second-order valence-electron chi connectivity index (χ2n) is 4.55. The second kappa shape index (κ2) is 6.00. The zero-order chi connectivity index (χ0) is 13.8. The summed E-state index contributed by atoms with van der Waals surface area (Å²) in [6.45, 7) is 3.94. The zero-order valence-electron chi connectivity index (χ0n) is 10.9. The third kappa shape index (κ3) is 4.87. The molecule has 0 spiro atoms. The number of sulfone groups is 1. The Morgan fingerprint density at radius 3 is 2.28 bits per heavy atom. The Hall–Kier alpha value is -1.36. The molecule has 0 radical (unpaired) electrons. The molecule has 0 aliphatic rings. The van der Waals surface area contributed by atoms with Gasteiger partial charge in [0.1, 0.15) is 0 Å². The Kier molecular flexibility index (Phi) is 4.90. The van der Waals surface area contributed by atoms with E-state index in [0.29, 0.717) is 11.1 Å². The summed E-state index contributed by atoms with van der Waals surface area (Å²) in [6, 6.07) is 6.78. The Balaban J connectivity index is 2.74. The second-order valence-corrected chi connectivity index (χ2v) is 6.69. The maximum absolute atomic E-state index is 11.8. The van der Waals surface area contributed by atoms with E-state index in [9.17, 15) is 13.2 Å². The van der Waals surface area contributed by atoms with Gasteiger partial charge < -0.3 is 5.32 Å². The third-order valence-corrected chi connectivity index (χ3v) is 3.49.